The summed E-state index contributed by atoms with van der Waals surface area (Å²) >= 11 is 1.59. The predicted octanol–water partition coefficient (Wildman–Crippen LogP) is 2.67. The Hall–Kier alpha value is -1.30. The number of rotatable bonds is 3. The Kier molecular flexibility index (Phi) is 4.74. The highest BCUT2D eigenvalue weighted by molar-refractivity contribution is 14.1. The van der Waals surface area contributed by atoms with Crippen LogP contribution >= 0.6 is 22.6 Å². The van der Waals surface area contributed by atoms with E-state index in [1.54, 1.807) is 35.6 Å². The topological polar surface area (TPSA) is 63.0 Å². The molecule has 1 heterocycles. The minimum absolute atomic E-state index is 0.0261. The molecule has 0 aromatic carbocycles. The normalized spacial score (nSPS) is 10.1. The summed E-state index contributed by atoms with van der Waals surface area (Å²) in [6.07, 6.45) is -1.85. The van der Waals surface area contributed by atoms with Gasteiger partial charge in [-0.2, -0.15) is 5.26 Å². The van der Waals surface area contributed by atoms with Crippen LogP contribution in [0.1, 0.15) is 35.0 Å². The van der Waals surface area contributed by atoms with Gasteiger partial charge < -0.3 is 4.74 Å². The molecule has 0 bridgehead atoms. The molecule has 1 rings (SSSR count). The average Bonchev–Trinajstić information content (AvgIpc) is 2.28. The van der Waals surface area contributed by atoms with Gasteiger partial charge in [-0.25, -0.2) is 18.6 Å². The highest BCUT2D eigenvalue weighted by Crippen LogP contribution is 2.27. The number of halogens is 3. The van der Waals surface area contributed by atoms with E-state index in [4.69, 9.17) is 5.26 Å². The molecule has 4 nitrogen and oxygen atoms in total. The molecule has 0 spiro atoms. The van der Waals surface area contributed by atoms with Crippen molar-refractivity contribution in [1.82, 2.24) is 4.98 Å². The Balaban J connectivity index is 3.32. The van der Waals surface area contributed by atoms with Gasteiger partial charge in [0.25, 0.3) is 6.43 Å². The molecule has 0 aliphatic rings. The van der Waals surface area contributed by atoms with Gasteiger partial charge in [0.2, 0.25) is 0 Å². The molecule has 17 heavy (non-hydrogen) atoms. The van der Waals surface area contributed by atoms with Crippen LogP contribution in [0.15, 0.2) is 6.20 Å². The van der Waals surface area contributed by atoms with Crippen molar-refractivity contribution in [3.05, 3.63) is 26.6 Å². The molecule has 0 saturated heterocycles. The van der Waals surface area contributed by atoms with Crippen LogP contribution in [-0.2, 0) is 4.74 Å². The van der Waals surface area contributed by atoms with E-state index in [1.165, 1.54) is 0 Å². The van der Waals surface area contributed by atoms with Gasteiger partial charge >= 0.3 is 5.97 Å². The second-order valence-corrected chi connectivity index (χ2v) is 3.96. The van der Waals surface area contributed by atoms with Gasteiger partial charge in [-0.15, -0.1) is 0 Å². The third-order valence-corrected chi connectivity index (χ3v) is 3.02. The molecule has 90 valence electrons. The van der Waals surface area contributed by atoms with E-state index in [-0.39, 0.29) is 27.0 Å². The molecule has 0 unspecified atom stereocenters. The summed E-state index contributed by atoms with van der Waals surface area (Å²) in [4.78, 5) is 15.0. The zero-order valence-corrected chi connectivity index (χ0v) is 10.9. The first-order chi connectivity index (χ1) is 8.02. The predicted molar refractivity (Wildman–Crippen MR) is 62.6 cm³/mol. The largest absolute Gasteiger partial charge is 0.461 e. The van der Waals surface area contributed by atoms with Crippen molar-refractivity contribution in [3.63, 3.8) is 0 Å². The van der Waals surface area contributed by atoms with Crippen LogP contribution in [0.2, 0.25) is 0 Å². The number of pyridine rings is 1. The maximum atomic E-state index is 12.6. The monoisotopic (exact) mass is 352 g/mol. The first-order valence-electron chi connectivity index (χ1n) is 4.56. The number of ether oxygens (including phenoxy) is 1. The number of hydrogen-bond donors (Lipinski definition) is 0. The van der Waals surface area contributed by atoms with Crippen molar-refractivity contribution in [3.8, 4) is 6.07 Å². The molecular formula is C10H7F2IN2O2. The van der Waals surface area contributed by atoms with Crippen LogP contribution in [0.25, 0.3) is 0 Å². The summed E-state index contributed by atoms with van der Waals surface area (Å²) in [5.41, 5.74) is -0.778. The van der Waals surface area contributed by atoms with Crippen molar-refractivity contribution in [2.75, 3.05) is 6.61 Å². The Labute approximate surface area is 110 Å². The molecule has 0 fully saturated rings. The molecule has 0 atom stereocenters. The van der Waals surface area contributed by atoms with Crippen molar-refractivity contribution in [1.29, 1.82) is 5.26 Å². The number of aromatic nitrogens is 1. The zero-order chi connectivity index (χ0) is 13.0. The Morgan fingerprint density at radius 3 is 2.82 bits per heavy atom. The maximum Gasteiger partial charge on any atom is 0.358 e. The third kappa shape index (κ3) is 2.88. The lowest BCUT2D eigenvalue weighted by Gasteiger charge is -2.08. The van der Waals surface area contributed by atoms with E-state index in [0.29, 0.717) is 0 Å². The zero-order valence-electron chi connectivity index (χ0n) is 8.71. The van der Waals surface area contributed by atoms with Crippen molar-refractivity contribution in [2.45, 2.75) is 13.3 Å². The van der Waals surface area contributed by atoms with E-state index < -0.39 is 12.4 Å². The number of carbonyl (C=O) groups is 1. The molecular weight excluding hydrogens is 345 g/mol. The van der Waals surface area contributed by atoms with Crippen LogP contribution in [0.5, 0.6) is 0 Å². The van der Waals surface area contributed by atoms with Gasteiger partial charge in [0.1, 0.15) is 6.07 Å². The van der Waals surface area contributed by atoms with Crippen LogP contribution in [-0.4, -0.2) is 17.6 Å². The summed E-state index contributed by atoms with van der Waals surface area (Å²) in [6.45, 7) is 1.72. The van der Waals surface area contributed by atoms with Crippen LogP contribution < -0.4 is 0 Å². The first-order valence-corrected chi connectivity index (χ1v) is 5.64. The van der Waals surface area contributed by atoms with Crippen molar-refractivity contribution >= 4 is 28.6 Å². The highest BCUT2D eigenvalue weighted by atomic mass is 127. The summed E-state index contributed by atoms with van der Waals surface area (Å²) in [6, 6.07) is 1.69. The summed E-state index contributed by atoms with van der Waals surface area (Å²) in [5.74, 6) is -0.789. The summed E-state index contributed by atoms with van der Waals surface area (Å²) in [7, 11) is 0. The molecule has 1 aromatic heterocycles. The number of carbonyl (C=O) groups excluding carboxylic acids is 1. The van der Waals surface area contributed by atoms with Crippen LogP contribution in [0, 0.1) is 14.9 Å². The van der Waals surface area contributed by atoms with E-state index in [2.05, 4.69) is 9.72 Å². The number of nitrogens with zero attached hydrogens (tertiary/aromatic N) is 2. The van der Waals surface area contributed by atoms with Gasteiger partial charge in [0.15, 0.2) is 5.69 Å². The average molecular weight is 352 g/mol. The SMILES string of the molecule is CCOC(=O)c1ncc(C(F)F)c(I)c1C#N. The lowest BCUT2D eigenvalue weighted by molar-refractivity contribution is 0.0518. The minimum atomic E-state index is -2.74. The molecule has 0 aliphatic heterocycles. The van der Waals surface area contributed by atoms with E-state index in [1.807, 2.05) is 0 Å². The summed E-state index contributed by atoms with van der Waals surface area (Å²) in [5, 5.41) is 8.88. The molecule has 0 amide bonds. The lowest BCUT2D eigenvalue weighted by Crippen LogP contribution is -2.12. The van der Waals surface area contributed by atoms with E-state index >= 15 is 0 Å². The van der Waals surface area contributed by atoms with Crippen LogP contribution in [0.3, 0.4) is 0 Å². The lowest BCUT2D eigenvalue weighted by atomic mass is 10.1. The van der Waals surface area contributed by atoms with Gasteiger partial charge in [-0.1, -0.05) is 0 Å². The molecule has 0 aliphatic carbocycles. The number of alkyl halides is 2. The number of nitriles is 1. The van der Waals surface area contributed by atoms with Crippen molar-refractivity contribution < 1.29 is 18.3 Å². The Morgan fingerprint density at radius 1 is 1.71 bits per heavy atom. The smallest absolute Gasteiger partial charge is 0.358 e. The fourth-order valence-electron chi connectivity index (χ4n) is 1.11. The quantitative estimate of drug-likeness (QED) is 0.620. The highest BCUT2D eigenvalue weighted by Gasteiger charge is 2.22. The Morgan fingerprint density at radius 2 is 2.35 bits per heavy atom. The van der Waals surface area contributed by atoms with Gasteiger partial charge in [-0.05, 0) is 29.5 Å². The fourth-order valence-corrected chi connectivity index (χ4v) is 1.86. The number of hydrogen-bond acceptors (Lipinski definition) is 4. The second kappa shape index (κ2) is 5.86. The first kappa shape index (κ1) is 13.8. The standard InChI is InChI=1S/C10H7F2IN2O2/c1-2-17-10(16)8-5(3-14)7(13)6(4-15-8)9(11)12/h4,9H,2H2,1H3. The van der Waals surface area contributed by atoms with Gasteiger partial charge in [0, 0.05) is 9.77 Å². The van der Waals surface area contributed by atoms with E-state index in [0.717, 1.165) is 6.20 Å². The van der Waals surface area contributed by atoms with Crippen LogP contribution in [0.4, 0.5) is 8.78 Å². The molecule has 0 radical (unpaired) electrons. The molecule has 0 N–H and O–H groups in total. The Bertz CT molecular complexity index is 486. The fraction of sp³-hybridized carbons (Fsp3) is 0.300. The summed E-state index contributed by atoms with van der Waals surface area (Å²) < 4.78 is 29.8. The minimum Gasteiger partial charge on any atom is -0.461 e. The second-order valence-electron chi connectivity index (χ2n) is 2.88. The molecule has 1 aromatic rings. The third-order valence-electron chi connectivity index (χ3n) is 1.86. The molecule has 0 saturated carbocycles. The van der Waals surface area contributed by atoms with Crippen molar-refractivity contribution in [2.24, 2.45) is 0 Å². The molecule has 7 heteroatoms. The van der Waals surface area contributed by atoms with E-state index in [9.17, 15) is 13.6 Å². The maximum absolute atomic E-state index is 12.6. The number of esters is 1. The van der Waals surface area contributed by atoms with Gasteiger partial charge in [-0.3, -0.25) is 0 Å². The van der Waals surface area contributed by atoms with Gasteiger partial charge in [0.05, 0.1) is 17.7 Å².